The Hall–Kier alpha value is -0.850. The summed E-state index contributed by atoms with van der Waals surface area (Å²) in [7, 11) is 0. The molecule has 0 bridgehead atoms. The van der Waals surface area contributed by atoms with Gasteiger partial charge in [0.05, 0.1) is 0 Å². The molecule has 0 aliphatic heterocycles. The molecule has 0 aromatic heterocycles. The highest BCUT2D eigenvalue weighted by atomic mass is 16.1. The maximum Gasteiger partial charge on any atom is 0.142 e. The molecule has 0 heterocycles. The highest BCUT2D eigenvalue weighted by Gasteiger charge is 2.00. The Bertz CT molecular complexity index is 217. The predicted molar refractivity (Wildman–Crippen MR) is 62.3 cm³/mol. The van der Waals surface area contributed by atoms with Crippen LogP contribution in [-0.2, 0) is 4.79 Å². The summed E-state index contributed by atoms with van der Waals surface area (Å²) < 4.78 is 0. The van der Waals surface area contributed by atoms with Gasteiger partial charge in [-0.1, -0.05) is 31.1 Å². The van der Waals surface area contributed by atoms with Crippen LogP contribution in [0.15, 0.2) is 23.3 Å². The Kier molecular flexibility index (Phi) is 7.09. The van der Waals surface area contributed by atoms with Gasteiger partial charge in [-0.25, -0.2) is 0 Å². The smallest absolute Gasteiger partial charge is 0.142 e. The summed E-state index contributed by atoms with van der Waals surface area (Å²) in [5.41, 5.74) is 2.62. The minimum absolute atomic E-state index is 0.632. The molecule has 0 aromatic carbocycles. The lowest BCUT2D eigenvalue weighted by Crippen LogP contribution is -1.92. The van der Waals surface area contributed by atoms with E-state index < -0.39 is 0 Å². The van der Waals surface area contributed by atoms with Gasteiger partial charge in [0.25, 0.3) is 0 Å². The van der Waals surface area contributed by atoms with Crippen LogP contribution < -0.4 is 0 Å². The molecule has 1 heteroatoms. The third-order valence-electron chi connectivity index (χ3n) is 1.99. The van der Waals surface area contributed by atoms with Gasteiger partial charge in [0, 0.05) is 0 Å². The van der Waals surface area contributed by atoms with E-state index in [1.807, 2.05) is 0 Å². The molecular formula is C13H22O. The van der Waals surface area contributed by atoms with Crippen molar-refractivity contribution in [1.29, 1.82) is 0 Å². The number of carbonyl (C=O) groups excluding carboxylic acids is 1. The van der Waals surface area contributed by atoms with Gasteiger partial charge in [0.2, 0.25) is 0 Å². The average Bonchev–Trinajstić information content (AvgIpc) is 2.02. The Balaban J connectivity index is 4.05. The van der Waals surface area contributed by atoms with E-state index in [9.17, 15) is 4.79 Å². The molecule has 0 saturated carbocycles. The average molecular weight is 194 g/mol. The van der Waals surface area contributed by atoms with Crippen molar-refractivity contribution in [3.63, 3.8) is 0 Å². The van der Waals surface area contributed by atoms with Crippen LogP contribution in [0.5, 0.6) is 0 Å². The molecule has 0 aromatic rings. The number of allylic oxidation sites excluding steroid dienone is 4. The van der Waals surface area contributed by atoms with E-state index in [-0.39, 0.29) is 0 Å². The van der Waals surface area contributed by atoms with Gasteiger partial charge in [-0.15, -0.1) is 0 Å². The van der Waals surface area contributed by atoms with E-state index in [0.717, 1.165) is 25.5 Å². The Morgan fingerprint density at radius 3 is 2.36 bits per heavy atom. The van der Waals surface area contributed by atoms with Crippen molar-refractivity contribution < 1.29 is 4.79 Å². The number of carbonyl (C=O) groups is 1. The monoisotopic (exact) mass is 194 g/mol. The van der Waals surface area contributed by atoms with Crippen molar-refractivity contribution >= 4 is 6.29 Å². The first-order valence-corrected chi connectivity index (χ1v) is 5.32. The fourth-order valence-corrected chi connectivity index (χ4v) is 1.42. The summed E-state index contributed by atoms with van der Waals surface area (Å²) >= 11 is 0. The minimum Gasteiger partial charge on any atom is -0.299 e. The molecule has 0 rings (SSSR count). The maximum atomic E-state index is 10.4. The van der Waals surface area contributed by atoms with Crippen molar-refractivity contribution in [2.75, 3.05) is 0 Å². The Labute approximate surface area is 87.9 Å². The summed E-state index contributed by atoms with van der Waals surface area (Å²) in [5, 5.41) is 0. The molecule has 0 unspecified atom stereocenters. The van der Waals surface area contributed by atoms with E-state index in [1.165, 1.54) is 11.1 Å². The molecule has 0 aliphatic carbocycles. The van der Waals surface area contributed by atoms with Crippen molar-refractivity contribution in [3.8, 4) is 0 Å². The highest BCUT2D eigenvalue weighted by Crippen LogP contribution is 2.16. The van der Waals surface area contributed by atoms with Crippen LogP contribution in [0.3, 0.4) is 0 Å². The lowest BCUT2D eigenvalue weighted by molar-refractivity contribution is -0.104. The second-order valence-corrected chi connectivity index (χ2v) is 4.38. The minimum atomic E-state index is 0.632. The molecule has 80 valence electrons. The van der Waals surface area contributed by atoms with E-state index in [0.29, 0.717) is 5.92 Å². The molecular weight excluding hydrogens is 172 g/mol. The van der Waals surface area contributed by atoms with Gasteiger partial charge < -0.3 is 0 Å². The lowest BCUT2D eigenvalue weighted by Gasteiger charge is -2.07. The molecule has 14 heavy (non-hydrogen) atoms. The van der Waals surface area contributed by atoms with Crippen LogP contribution in [0.2, 0.25) is 0 Å². The SMILES string of the molecule is CC(C)=CCCC(=CC=O)CC(C)C. The van der Waals surface area contributed by atoms with Crippen molar-refractivity contribution in [3.05, 3.63) is 23.3 Å². The standard InChI is InChI=1S/C13H22O/c1-11(2)6-5-7-13(8-9-14)10-12(3)4/h6,8-9,12H,5,7,10H2,1-4H3. The molecule has 1 nitrogen and oxygen atoms in total. The van der Waals surface area contributed by atoms with Crippen molar-refractivity contribution in [1.82, 2.24) is 0 Å². The van der Waals surface area contributed by atoms with Gasteiger partial charge >= 0.3 is 0 Å². The number of hydrogen-bond acceptors (Lipinski definition) is 1. The van der Waals surface area contributed by atoms with Gasteiger partial charge in [0.1, 0.15) is 6.29 Å². The van der Waals surface area contributed by atoms with Crippen LogP contribution in [0.4, 0.5) is 0 Å². The second kappa shape index (κ2) is 7.54. The molecule has 0 radical (unpaired) electrons. The number of hydrogen-bond donors (Lipinski definition) is 0. The molecule has 0 atom stereocenters. The summed E-state index contributed by atoms with van der Waals surface area (Å²) in [6, 6.07) is 0. The normalized spacial score (nSPS) is 11.6. The fourth-order valence-electron chi connectivity index (χ4n) is 1.42. The van der Waals surface area contributed by atoms with Crippen LogP contribution in [0.1, 0.15) is 47.0 Å². The highest BCUT2D eigenvalue weighted by molar-refractivity contribution is 5.66. The first-order chi connectivity index (χ1) is 6.56. The van der Waals surface area contributed by atoms with Crippen LogP contribution in [0.25, 0.3) is 0 Å². The zero-order valence-electron chi connectivity index (χ0n) is 9.84. The summed E-state index contributed by atoms with van der Waals surface area (Å²) in [6.07, 6.45) is 7.95. The zero-order valence-corrected chi connectivity index (χ0v) is 9.84. The van der Waals surface area contributed by atoms with E-state index >= 15 is 0 Å². The fraction of sp³-hybridized carbons (Fsp3) is 0.615. The lowest BCUT2D eigenvalue weighted by atomic mass is 9.98. The van der Waals surface area contributed by atoms with Crippen molar-refractivity contribution in [2.45, 2.75) is 47.0 Å². The van der Waals surface area contributed by atoms with Gasteiger partial charge in [-0.05, 0) is 45.1 Å². The molecule has 0 saturated heterocycles. The zero-order chi connectivity index (χ0) is 11.0. The molecule has 0 N–H and O–H groups in total. The van der Waals surface area contributed by atoms with Gasteiger partial charge in [-0.3, -0.25) is 4.79 Å². The van der Waals surface area contributed by atoms with Gasteiger partial charge in [-0.2, -0.15) is 0 Å². The molecule has 0 spiro atoms. The quantitative estimate of drug-likeness (QED) is 0.356. The Morgan fingerprint density at radius 2 is 1.93 bits per heavy atom. The third-order valence-corrected chi connectivity index (χ3v) is 1.99. The van der Waals surface area contributed by atoms with Gasteiger partial charge in [0.15, 0.2) is 0 Å². The molecule has 0 aliphatic rings. The van der Waals surface area contributed by atoms with Crippen LogP contribution in [0, 0.1) is 5.92 Å². The molecule has 0 fully saturated rings. The Morgan fingerprint density at radius 1 is 1.29 bits per heavy atom. The summed E-state index contributed by atoms with van der Waals surface area (Å²) in [5.74, 6) is 0.632. The second-order valence-electron chi connectivity index (χ2n) is 4.38. The number of rotatable bonds is 6. The van der Waals surface area contributed by atoms with E-state index in [1.54, 1.807) is 6.08 Å². The first-order valence-electron chi connectivity index (χ1n) is 5.32. The van der Waals surface area contributed by atoms with Crippen LogP contribution >= 0.6 is 0 Å². The van der Waals surface area contributed by atoms with Crippen LogP contribution in [-0.4, -0.2) is 6.29 Å². The first kappa shape index (κ1) is 13.2. The largest absolute Gasteiger partial charge is 0.299 e. The molecule has 0 amide bonds. The topological polar surface area (TPSA) is 17.1 Å². The summed E-state index contributed by atoms with van der Waals surface area (Å²) in [6.45, 7) is 8.57. The van der Waals surface area contributed by atoms with E-state index in [2.05, 4.69) is 33.8 Å². The maximum absolute atomic E-state index is 10.4. The third kappa shape index (κ3) is 7.78. The van der Waals surface area contributed by atoms with E-state index in [4.69, 9.17) is 0 Å². The summed E-state index contributed by atoms with van der Waals surface area (Å²) in [4.78, 5) is 10.4. The van der Waals surface area contributed by atoms with Crippen molar-refractivity contribution in [2.24, 2.45) is 5.92 Å². The predicted octanol–water partition coefficient (Wildman–Crippen LogP) is 3.90. The number of aldehydes is 1.